The van der Waals surface area contributed by atoms with Crippen LogP contribution >= 0.6 is 0 Å². The van der Waals surface area contributed by atoms with Crippen LogP contribution in [0.3, 0.4) is 0 Å². The second-order valence-electron chi connectivity index (χ2n) is 22.5. The number of carbonyl (C=O) groups excluding carboxylic acids is 2. The molecule has 0 radical (unpaired) electrons. The Kier molecular flexibility index (Phi) is 63.3. The van der Waals surface area contributed by atoms with Gasteiger partial charge in [-0.25, -0.2) is 0 Å². The lowest BCUT2D eigenvalue weighted by atomic mass is 10.0. The van der Waals surface area contributed by atoms with Crippen molar-refractivity contribution in [2.45, 2.75) is 367 Å². The SMILES string of the molecule is CC/C=C\C/C=C\C/C=C\C/C=C\CCCCCCCCC(=O)OC(CO)COC(=O)CCCCCCCCCCCCCCCCCCCCCCCCCCCCCCCCCCCCCCCCCCC. The van der Waals surface area contributed by atoms with Crippen molar-refractivity contribution >= 4 is 11.9 Å². The number of aliphatic hydroxyl groups excluding tert-OH is 1. The molecule has 0 aromatic rings. The highest BCUT2D eigenvalue weighted by Crippen LogP contribution is 2.19. The average Bonchev–Trinajstić information content (AvgIpc) is 3.40. The molecule has 434 valence electrons. The molecular formula is C69H128O5. The lowest BCUT2D eigenvalue weighted by Gasteiger charge is -2.15. The molecule has 0 bridgehead atoms. The molecule has 1 N–H and O–H groups in total. The van der Waals surface area contributed by atoms with Crippen LogP contribution in [0.15, 0.2) is 48.6 Å². The Morgan fingerprint density at radius 1 is 0.324 bits per heavy atom. The van der Waals surface area contributed by atoms with E-state index in [9.17, 15) is 14.7 Å². The molecule has 0 saturated carbocycles. The minimum absolute atomic E-state index is 0.0693. The second kappa shape index (κ2) is 65.1. The Balaban J connectivity index is 3.36. The van der Waals surface area contributed by atoms with Gasteiger partial charge in [-0.2, -0.15) is 0 Å². The molecule has 0 aromatic heterocycles. The number of hydrogen-bond donors (Lipinski definition) is 1. The number of carbonyl (C=O) groups is 2. The first-order valence-corrected chi connectivity index (χ1v) is 33.2. The van der Waals surface area contributed by atoms with Gasteiger partial charge in [-0.05, 0) is 51.4 Å². The molecule has 1 atom stereocenters. The summed E-state index contributed by atoms with van der Waals surface area (Å²) in [5.41, 5.74) is 0. The van der Waals surface area contributed by atoms with E-state index in [0.29, 0.717) is 12.8 Å². The van der Waals surface area contributed by atoms with E-state index in [1.165, 1.54) is 263 Å². The third-order valence-corrected chi connectivity index (χ3v) is 15.1. The molecule has 0 fully saturated rings. The molecule has 0 aliphatic heterocycles. The molecule has 0 aliphatic carbocycles. The first-order valence-electron chi connectivity index (χ1n) is 33.2. The number of aliphatic hydroxyl groups is 1. The van der Waals surface area contributed by atoms with Crippen molar-refractivity contribution in [3.63, 3.8) is 0 Å². The number of allylic oxidation sites excluding steroid dienone is 8. The molecule has 0 aromatic carbocycles. The van der Waals surface area contributed by atoms with Gasteiger partial charge in [-0.3, -0.25) is 9.59 Å². The zero-order chi connectivity index (χ0) is 53.4. The summed E-state index contributed by atoms with van der Waals surface area (Å²) in [5, 5.41) is 9.66. The van der Waals surface area contributed by atoms with Gasteiger partial charge in [-0.15, -0.1) is 0 Å². The predicted octanol–water partition coefficient (Wildman–Crippen LogP) is 22.8. The second-order valence-corrected chi connectivity index (χ2v) is 22.5. The van der Waals surface area contributed by atoms with E-state index in [-0.39, 0.29) is 25.2 Å². The molecule has 0 rings (SSSR count). The van der Waals surface area contributed by atoms with Crippen LogP contribution in [0, 0.1) is 0 Å². The van der Waals surface area contributed by atoms with E-state index >= 15 is 0 Å². The van der Waals surface area contributed by atoms with Crippen molar-refractivity contribution in [3.05, 3.63) is 48.6 Å². The summed E-state index contributed by atoms with van der Waals surface area (Å²) in [4.78, 5) is 24.5. The first-order chi connectivity index (χ1) is 36.6. The van der Waals surface area contributed by atoms with E-state index in [4.69, 9.17) is 9.47 Å². The Bertz CT molecular complexity index is 1220. The van der Waals surface area contributed by atoms with E-state index in [1.807, 2.05) is 0 Å². The standard InChI is InChI=1S/C69H128O5/c1-3-5-7-9-11-13-15-17-19-21-23-24-25-26-27-28-29-30-31-32-33-34-35-36-37-38-39-40-41-42-43-44-46-47-49-51-53-55-57-59-61-63-68(71)73-66-67(65-70)74-69(72)64-62-60-58-56-54-52-50-48-45-22-20-18-16-14-12-10-8-6-4-2/h6,8,12,14,18,20,45,48,67,70H,3-5,7,9-11,13,15-17,19,21-44,46-47,49-66H2,1-2H3/b8-6-,14-12-,20-18-,48-45-. The van der Waals surface area contributed by atoms with Crippen molar-refractivity contribution in [1.29, 1.82) is 0 Å². The summed E-state index contributed by atoms with van der Waals surface area (Å²) in [6.45, 7) is 4.06. The number of rotatable bonds is 62. The summed E-state index contributed by atoms with van der Waals surface area (Å²) in [6.07, 6.45) is 87.3. The van der Waals surface area contributed by atoms with Gasteiger partial charge >= 0.3 is 11.9 Å². The first kappa shape index (κ1) is 71.9. The summed E-state index contributed by atoms with van der Waals surface area (Å²) in [5.74, 6) is -0.593. The monoisotopic (exact) mass is 1040 g/mol. The summed E-state index contributed by atoms with van der Waals surface area (Å²) in [6, 6.07) is 0. The van der Waals surface area contributed by atoms with Gasteiger partial charge in [0.05, 0.1) is 6.61 Å². The molecular weight excluding hydrogens is 909 g/mol. The summed E-state index contributed by atoms with van der Waals surface area (Å²) in [7, 11) is 0. The van der Waals surface area contributed by atoms with Gasteiger partial charge in [0.1, 0.15) is 6.61 Å². The van der Waals surface area contributed by atoms with Crippen LogP contribution in [0.1, 0.15) is 361 Å². The minimum atomic E-state index is -0.780. The van der Waals surface area contributed by atoms with Crippen molar-refractivity contribution in [1.82, 2.24) is 0 Å². The smallest absolute Gasteiger partial charge is 0.306 e. The van der Waals surface area contributed by atoms with E-state index in [1.54, 1.807) is 0 Å². The quantitative estimate of drug-likeness (QED) is 0.0373. The Labute approximate surface area is 462 Å². The van der Waals surface area contributed by atoms with Gasteiger partial charge in [-0.1, -0.05) is 345 Å². The van der Waals surface area contributed by atoms with Crippen LogP contribution in [0.5, 0.6) is 0 Å². The highest BCUT2D eigenvalue weighted by molar-refractivity contribution is 5.70. The van der Waals surface area contributed by atoms with Crippen molar-refractivity contribution in [2.24, 2.45) is 0 Å². The molecule has 0 amide bonds. The normalized spacial score (nSPS) is 12.4. The van der Waals surface area contributed by atoms with Gasteiger partial charge < -0.3 is 14.6 Å². The summed E-state index contributed by atoms with van der Waals surface area (Å²) >= 11 is 0. The molecule has 1 unspecified atom stereocenters. The summed E-state index contributed by atoms with van der Waals surface area (Å²) < 4.78 is 10.7. The Morgan fingerprint density at radius 2 is 0.581 bits per heavy atom. The van der Waals surface area contributed by atoms with Gasteiger partial charge in [0.25, 0.3) is 0 Å². The topological polar surface area (TPSA) is 72.8 Å². The maximum Gasteiger partial charge on any atom is 0.306 e. The molecule has 0 saturated heterocycles. The van der Waals surface area contributed by atoms with Crippen LogP contribution in [0.2, 0.25) is 0 Å². The van der Waals surface area contributed by atoms with Crippen LogP contribution in [-0.4, -0.2) is 36.4 Å². The van der Waals surface area contributed by atoms with Crippen LogP contribution in [-0.2, 0) is 19.1 Å². The van der Waals surface area contributed by atoms with Gasteiger partial charge in [0.15, 0.2) is 6.10 Å². The van der Waals surface area contributed by atoms with Crippen LogP contribution in [0.4, 0.5) is 0 Å². The molecule has 74 heavy (non-hydrogen) atoms. The maximum atomic E-state index is 12.3. The third-order valence-electron chi connectivity index (χ3n) is 15.1. The molecule has 5 nitrogen and oxygen atoms in total. The third kappa shape index (κ3) is 62.4. The lowest BCUT2D eigenvalue weighted by molar-refractivity contribution is -0.161. The number of esters is 2. The van der Waals surface area contributed by atoms with Crippen LogP contribution < -0.4 is 0 Å². The van der Waals surface area contributed by atoms with E-state index in [0.717, 1.165) is 70.6 Å². The zero-order valence-electron chi connectivity index (χ0n) is 49.9. The average molecular weight is 1040 g/mol. The van der Waals surface area contributed by atoms with E-state index < -0.39 is 6.10 Å². The lowest BCUT2D eigenvalue weighted by Crippen LogP contribution is -2.28. The largest absolute Gasteiger partial charge is 0.462 e. The number of ether oxygens (including phenoxy) is 2. The van der Waals surface area contributed by atoms with Crippen molar-refractivity contribution < 1.29 is 24.2 Å². The highest BCUT2D eigenvalue weighted by Gasteiger charge is 2.16. The minimum Gasteiger partial charge on any atom is -0.462 e. The number of hydrogen-bond acceptors (Lipinski definition) is 5. The number of unbranched alkanes of at least 4 members (excludes halogenated alkanes) is 46. The highest BCUT2D eigenvalue weighted by atomic mass is 16.6. The fourth-order valence-electron chi connectivity index (χ4n) is 10.2. The fraction of sp³-hybridized carbons (Fsp3) is 0.855. The molecule has 0 heterocycles. The Hall–Kier alpha value is -2.14. The zero-order valence-corrected chi connectivity index (χ0v) is 49.9. The fourth-order valence-corrected chi connectivity index (χ4v) is 10.2. The van der Waals surface area contributed by atoms with Crippen molar-refractivity contribution in [3.8, 4) is 0 Å². The van der Waals surface area contributed by atoms with E-state index in [2.05, 4.69) is 62.5 Å². The molecule has 0 aliphatic rings. The van der Waals surface area contributed by atoms with Gasteiger partial charge in [0.2, 0.25) is 0 Å². The predicted molar refractivity (Wildman–Crippen MR) is 325 cm³/mol. The molecule has 0 spiro atoms. The van der Waals surface area contributed by atoms with Crippen molar-refractivity contribution in [2.75, 3.05) is 13.2 Å². The van der Waals surface area contributed by atoms with Crippen LogP contribution in [0.25, 0.3) is 0 Å². The van der Waals surface area contributed by atoms with Gasteiger partial charge in [0, 0.05) is 12.8 Å². The molecule has 5 heteroatoms. The maximum absolute atomic E-state index is 12.3. The Morgan fingerprint density at radius 3 is 0.878 bits per heavy atom.